The summed E-state index contributed by atoms with van der Waals surface area (Å²) in [5.41, 5.74) is -2.93. The molecule has 1 aliphatic carbocycles. The topological polar surface area (TPSA) is 95.5 Å². The number of carboxylic acid groups (broad SMARTS) is 1. The molecule has 1 saturated carbocycles. The van der Waals surface area contributed by atoms with Gasteiger partial charge in [0.2, 0.25) is 5.82 Å². The van der Waals surface area contributed by atoms with Crippen LogP contribution in [0, 0.1) is 40.9 Å². The van der Waals surface area contributed by atoms with Gasteiger partial charge in [0, 0.05) is 11.5 Å². The number of hydrogen-bond donors (Lipinski definition) is 3. The molecule has 2 fully saturated rings. The van der Waals surface area contributed by atoms with Crippen molar-refractivity contribution in [2.75, 3.05) is 0 Å². The number of carboxylic acids is 1. The van der Waals surface area contributed by atoms with Gasteiger partial charge in [-0.15, -0.1) is 0 Å². The zero-order chi connectivity index (χ0) is 19.4. The number of amides is 3. The van der Waals surface area contributed by atoms with E-state index in [1.165, 1.54) is 0 Å². The first-order valence-corrected chi connectivity index (χ1v) is 7.47. The smallest absolute Gasteiger partial charge is 0.322 e. The molecule has 140 valence electrons. The molecule has 3 N–H and O–H groups in total. The van der Waals surface area contributed by atoms with Gasteiger partial charge in [0.05, 0.1) is 5.92 Å². The van der Waals surface area contributed by atoms with Crippen molar-refractivity contribution in [2.24, 2.45) is 11.8 Å². The number of carbonyl (C=O) groups excluding carboxylic acids is 2. The van der Waals surface area contributed by atoms with Crippen LogP contribution in [0.25, 0.3) is 0 Å². The summed E-state index contributed by atoms with van der Waals surface area (Å²) in [4.78, 5) is 34.7. The monoisotopic (exact) mass is 378 g/mol. The van der Waals surface area contributed by atoms with E-state index in [1.807, 2.05) is 5.32 Å². The predicted molar refractivity (Wildman–Crippen MR) is 73.2 cm³/mol. The predicted octanol–water partition coefficient (Wildman–Crippen LogP) is 1.61. The van der Waals surface area contributed by atoms with Crippen LogP contribution in [0.1, 0.15) is 18.4 Å². The van der Waals surface area contributed by atoms with Gasteiger partial charge in [-0.25, -0.2) is 26.7 Å². The molecule has 6 nitrogen and oxygen atoms in total. The summed E-state index contributed by atoms with van der Waals surface area (Å²) >= 11 is 0. The van der Waals surface area contributed by atoms with Crippen LogP contribution in [0.5, 0.6) is 0 Å². The van der Waals surface area contributed by atoms with Crippen LogP contribution in [0.2, 0.25) is 0 Å². The van der Waals surface area contributed by atoms with Gasteiger partial charge < -0.3 is 10.4 Å². The van der Waals surface area contributed by atoms with Crippen molar-refractivity contribution in [1.82, 2.24) is 10.6 Å². The molecule has 1 aliphatic heterocycles. The van der Waals surface area contributed by atoms with Crippen LogP contribution in [0.4, 0.5) is 26.7 Å². The van der Waals surface area contributed by atoms with E-state index in [0.29, 0.717) is 0 Å². The highest BCUT2D eigenvalue weighted by molar-refractivity contribution is 6.07. The lowest BCUT2D eigenvalue weighted by Crippen LogP contribution is -2.50. The van der Waals surface area contributed by atoms with Crippen LogP contribution in [0.15, 0.2) is 0 Å². The molecule has 11 heteroatoms. The van der Waals surface area contributed by atoms with Crippen LogP contribution in [-0.2, 0) is 16.0 Å². The largest absolute Gasteiger partial charge is 0.481 e. The summed E-state index contributed by atoms with van der Waals surface area (Å²) in [5, 5.41) is 13.2. The number of imide groups is 1. The van der Waals surface area contributed by atoms with Gasteiger partial charge in [-0.05, 0) is 19.3 Å². The minimum Gasteiger partial charge on any atom is -0.481 e. The number of carbonyl (C=O) groups is 3. The average molecular weight is 378 g/mol. The lowest BCUT2D eigenvalue weighted by molar-refractivity contribution is -0.139. The van der Waals surface area contributed by atoms with E-state index in [9.17, 15) is 36.3 Å². The van der Waals surface area contributed by atoms with Crippen molar-refractivity contribution in [1.29, 1.82) is 0 Å². The Bertz CT molecular complexity index is 817. The molecule has 1 aromatic carbocycles. The van der Waals surface area contributed by atoms with E-state index in [1.54, 1.807) is 0 Å². The Morgan fingerprint density at radius 1 is 1.04 bits per heavy atom. The standard InChI is InChI=1S/C15H11F5N2O4/c16-7-4(8(17)10(19)11(20)9(7)18)1-2-15(6-3-5(6)12(23)24)13(25)21-14(26)22-15/h5-6H,1-3H2,(H,23,24)(H2,21,22,25,26)/t5-,6-,15?/m0/s1. The van der Waals surface area contributed by atoms with E-state index in [0.717, 1.165) is 0 Å². The lowest BCUT2D eigenvalue weighted by atomic mass is 9.85. The zero-order valence-corrected chi connectivity index (χ0v) is 12.8. The molecule has 1 heterocycles. The van der Waals surface area contributed by atoms with Crippen LogP contribution >= 0.6 is 0 Å². The van der Waals surface area contributed by atoms with Crippen LogP contribution in [-0.4, -0.2) is 28.6 Å². The highest BCUT2D eigenvalue weighted by Gasteiger charge is 2.62. The van der Waals surface area contributed by atoms with Gasteiger partial charge in [0.25, 0.3) is 5.91 Å². The van der Waals surface area contributed by atoms with E-state index in [4.69, 9.17) is 5.11 Å². The van der Waals surface area contributed by atoms with Gasteiger partial charge in [0.1, 0.15) is 5.54 Å². The molecule has 1 aromatic rings. The Labute approximate surface area is 142 Å². The SMILES string of the molecule is O=C1NC(=O)C(CCc2c(F)c(F)c(F)c(F)c2F)([C@H]2C[C@@H]2C(=O)O)N1. The maximum Gasteiger partial charge on any atom is 0.322 e. The van der Waals surface area contributed by atoms with E-state index in [2.05, 4.69) is 5.32 Å². The molecule has 0 bridgehead atoms. The first kappa shape index (κ1) is 18.1. The van der Waals surface area contributed by atoms with Crippen LogP contribution in [0.3, 0.4) is 0 Å². The number of benzene rings is 1. The van der Waals surface area contributed by atoms with Crippen molar-refractivity contribution >= 4 is 17.9 Å². The third kappa shape index (κ3) is 2.58. The second-order valence-corrected chi connectivity index (χ2v) is 6.21. The van der Waals surface area contributed by atoms with Crippen molar-refractivity contribution in [3.05, 3.63) is 34.6 Å². The van der Waals surface area contributed by atoms with Crippen molar-refractivity contribution in [3.63, 3.8) is 0 Å². The molecule has 3 rings (SSSR count). The Morgan fingerprint density at radius 3 is 2.00 bits per heavy atom. The Morgan fingerprint density at radius 2 is 1.58 bits per heavy atom. The fraction of sp³-hybridized carbons (Fsp3) is 0.400. The maximum atomic E-state index is 13.8. The summed E-state index contributed by atoms with van der Waals surface area (Å²) in [5.74, 6) is -14.6. The summed E-state index contributed by atoms with van der Waals surface area (Å²) in [6, 6.07) is -0.927. The number of halogens is 5. The van der Waals surface area contributed by atoms with Gasteiger partial charge in [-0.3, -0.25) is 14.9 Å². The Balaban J connectivity index is 1.93. The highest BCUT2D eigenvalue weighted by atomic mass is 19.2. The molecule has 1 saturated heterocycles. The van der Waals surface area contributed by atoms with Crippen LogP contribution < -0.4 is 10.6 Å². The fourth-order valence-electron chi connectivity index (χ4n) is 3.33. The Kier molecular flexibility index (Phi) is 4.12. The van der Waals surface area contributed by atoms with Gasteiger partial charge >= 0.3 is 12.0 Å². The molecule has 3 atom stereocenters. The molecular weight excluding hydrogens is 367 g/mol. The summed E-state index contributed by atoms with van der Waals surface area (Å²) < 4.78 is 67.3. The number of hydrogen-bond acceptors (Lipinski definition) is 3. The lowest BCUT2D eigenvalue weighted by Gasteiger charge is -2.26. The van der Waals surface area contributed by atoms with Gasteiger partial charge in [-0.1, -0.05) is 0 Å². The minimum absolute atomic E-state index is 0.0279. The summed E-state index contributed by atoms with van der Waals surface area (Å²) in [6.45, 7) is 0. The molecule has 0 radical (unpaired) electrons. The number of nitrogens with one attached hydrogen (secondary N) is 2. The molecule has 3 amide bonds. The minimum atomic E-state index is -2.31. The quantitative estimate of drug-likeness (QED) is 0.314. The van der Waals surface area contributed by atoms with Crippen molar-refractivity contribution in [2.45, 2.75) is 24.8 Å². The summed E-state index contributed by atoms with van der Waals surface area (Å²) in [6.07, 6.45) is -1.28. The number of urea groups is 1. The number of rotatable bonds is 5. The van der Waals surface area contributed by atoms with E-state index >= 15 is 0 Å². The third-order valence-electron chi connectivity index (χ3n) is 4.78. The maximum absolute atomic E-state index is 13.8. The first-order chi connectivity index (χ1) is 12.1. The van der Waals surface area contributed by atoms with Crippen molar-refractivity contribution in [3.8, 4) is 0 Å². The second kappa shape index (κ2) is 5.92. The molecule has 0 spiro atoms. The number of aliphatic carboxylic acids is 1. The normalized spacial score (nSPS) is 27.3. The summed E-state index contributed by atoms with van der Waals surface area (Å²) in [7, 11) is 0. The zero-order valence-electron chi connectivity index (χ0n) is 12.8. The third-order valence-corrected chi connectivity index (χ3v) is 4.78. The average Bonchev–Trinajstić information content (AvgIpc) is 3.33. The molecule has 0 aromatic heterocycles. The fourth-order valence-corrected chi connectivity index (χ4v) is 3.33. The first-order valence-electron chi connectivity index (χ1n) is 7.47. The van der Waals surface area contributed by atoms with Crippen molar-refractivity contribution < 1.29 is 41.4 Å². The Hall–Kier alpha value is -2.72. The van der Waals surface area contributed by atoms with E-state index in [-0.39, 0.29) is 6.42 Å². The molecule has 2 aliphatic rings. The van der Waals surface area contributed by atoms with Gasteiger partial charge in [-0.2, -0.15) is 0 Å². The molecule has 1 unspecified atom stereocenters. The molecular formula is C15H11F5N2O4. The second-order valence-electron chi connectivity index (χ2n) is 6.21. The van der Waals surface area contributed by atoms with E-state index < -0.39 is 82.8 Å². The molecule has 26 heavy (non-hydrogen) atoms. The van der Waals surface area contributed by atoms with Gasteiger partial charge in [0.15, 0.2) is 23.3 Å². The highest BCUT2D eigenvalue weighted by Crippen LogP contribution is 2.49.